The quantitative estimate of drug-likeness (QED) is 0.242. The van der Waals surface area contributed by atoms with Crippen LogP contribution in [0.4, 0.5) is 0 Å². The second-order valence-corrected chi connectivity index (χ2v) is 6.95. The number of nitrogens with zero attached hydrogens (tertiary/aromatic N) is 1. The molecule has 3 rings (SSSR count). The zero-order valence-electron chi connectivity index (χ0n) is 17.2. The molecule has 4 heteroatoms. The number of carbonyl (C=O) groups excluding carboxylic acids is 1. The molecule has 0 unspecified atom stereocenters. The zero-order valence-corrected chi connectivity index (χ0v) is 19.6. The van der Waals surface area contributed by atoms with Crippen LogP contribution in [0.15, 0.2) is 48.2 Å². The van der Waals surface area contributed by atoms with Crippen molar-refractivity contribution in [3.8, 4) is 11.3 Å². The molecule has 0 spiro atoms. The van der Waals surface area contributed by atoms with Gasteiger partial charge in [0.1, 0.15) is 0 Å². The fourth-order valence-electron chi connectivity index (χ4n) is 2.86. The number of hydrogen-bond donors (Lipinski definition) is 1. The van der Waals surface area contributed by atoms with Gasteiger partial charge in [0.25, 0.3) is 0 Å². The predicted molar refractivity (Wildman–Crippen MR) is 112 cm³/mol. The van der Waals surface area contributed by atoms with Crippen molar-refractivity contribution >= 4 is 16.7 Å². The third-order valence-corrected chi connectivity index (χ3v) is 4.27. The minimum atomic E-state index is -0.125. The van der Waals surface area contributed by atoms with E-state index in [9.17, 15) is 4.79 Å². The van der Waals surface area contributed by atoms with Gasteiger partial charge in [-0.15, -0.1) is 34.9 Å². The minimum Gasteiger partial charge on any atom is -0.512 e. The van der Waals surface area contributed by atoms with Gasteiger partial charge in [0.2, 0.25) is 0 Å². The second kappa shape index (κ2) is 10.3. The smallest absolute Gasteiger partial charge is 0.155 e. The number of fused-ring (bicyclic) bond motifs is 1. The number of ketones is 1. The summed E-state index contributed by atoms with van der Waals surface area (Å²) in [7, 11) is 0. The Morgan fingerprint density at radius 2 is 1.68 bits per heavy atom. The Hall–Kier alpha value is -2.29. The summed E-state index contributed by atoms with van der Waals surface area (Å²) in [5, 5.41) is 9.59. The van der Waals surface area contributed by atoms with Gasteiger partial charge in [-0.25, -0.2) is 0 Å². The average Bonchev–Trinajstić information content (AvgIpc) is 2.56. The summed E-state index contributed by atoms with van der Waals surface area (Å²) in [5.41, 5.74) is 8.19. The molecule has 0 saturated heterocycles. The molecule has 1 aromatic heterocycles. The molecule has 0 aliphatic carbocycles. The maximum Gasteiger partial charge on any atom is 0.155 e. The predicted octanol–water partition coefficient (Wildman–Crippen LogP) is 5.97. The number of aliphatic hydroxyl groups excluding tert-OH is 1. The molecule has 28 heavy (non-hydrogen) atoms. The molecular formula is C24H26IrNO2-. The molecule has 1 N–H and O–H groups in total. The van der Waals surface area contributed by atoms with Crippen molar-refractivity contribution in [2.45, 2.75) is 41.5 Å². The van der Waals surface area contributed by atoms with Crippen molar-refractivity contribution in [3.63, 3.8) is 0 Å². The first-order valence-electron chi connectivity index (χ1n) is 8.92. The molecule has 0 aliphatic rings. The molecule has 1 heterocycles. The molecule has 0 fully saturated rings. The van der Waals surface area contributed by atoms with Gasteiger partial charge < -0.3 is 5.11 Å². The Kier molecular flexibility index (Phi) is 8.74. The summed E-state index contributed by atoms with van der Waals surface area (Å²) in [6.07, 6.45) is 1.17. The van der Waals surface area contributed by atoms with E-state index in [2.05, 4.69) is 64.1 Å². The fraction of sp³-hybridized carbons (Fsp3) is 0.250. The van der Waals surface area contributed by atoms with Gasteiger partial charge in [0, 0.05) is 31.6 Å². The maximum atomic E-state index is 10.0. The first-order chi connectivity index (χ1) is 12.7. The van der Waals surface area contributed by atoms with Crippen molar-refractivity contribution < 1.29 is 30.0 Å². The first-order valence-corrected chi connectivity index (χ1v) is 8.92. The molecule has 3 nitrogen and oxygen atoms in total. The van der Waals surface area contributed by atoms with E-state index in [1.54, 1.807) is 0 Å². The van der Waals surface area contributed by atoms with Crippen LogP contribution in [0.2, 0.25) is 0 Å². The van der Waals surface area contributed by atoms with E-state index >= 15 is 0 Å². The van der Waals surface area contributed by atoms with Crippen LogP contribution in [0.3, 0.4) is 0 Å². The normalized spacial score (nSPS) is 10.7. The summed E-state index contributed by atoms with van der Waals surface area (Å²) in [4.78, 5) is 14.8. The average molecular weight is 553 g/mol. The number of pyridine rings is 1. The van der Waals surface area contributed by atoms with Crippen LogP contribution in [0, 0.1) is 33.8 Å². The number of rotatable bonds is 2. The standard InChI is InChI=1S/C19H18N.C5H8O2.Ir/c1-12-9-15(4)17-7-8-18(20-19(17)10-12)16-6-5-13(2)14(3)11-16;1-4(6)3-5(2)7;/h5,7-11H,1-4H3;3,6H,1-2H3;/q-1;;/b;4-3-;. The zero-order chi connectivity index (χ0) is 20.1. The Labute approximate surface area is 180 Å². The van der Waals surface area contributed by atoms with Crippen molar-refractivity contribution in [1.82, 2.24) is 4.98 Å². The van der Waals surface area contributed by atoms with Crippen LogP contribution in [-0.2, 0) is 24.9 Å². The van der Waals surface area contributed by atoms with E-state index in [0.717, 1.165) is 16.8 Å². The number of hydrogen-bond acceptors (Lipinski definition) is 3. The van der Waals surface area contributed by atoms with Crippen molar-refractivity contribution in [3.05, 3.63) is 76.6 Å². The number of aliphatic hydroxyl groups is 1. The molecule has 0 atom stereocenters. The van der Waals surface area contributed by atoms with Gasteiger partial charge in [-0.1, -0.05) is 32.0 Å². The third-order valence-electron chi connectivity index (χ3n) is 4.27. The molecule has 149 valence electrons. The van der Waals surface area contributed by atoms with Crippen molar-refractivity contribution in [2.75, 3.05) is 0 Å². The van der Waals surface area contributed by atoms with E-state index in [4.69, 9.17) is 10.1 Å². The van der Waals surface area contributed by atoms with Crippen LogP contribution < -0.4 is 0 Å². The van der Waals surface area contributed by atoms with E-state index in [-0.39, 0.29) is 31.6 Å². The molecular weight excluding hydrogens is 526 g/mol. The Bertz CT molecular complexity index is 1020. The summed E-state index contributed by atoms with van der Waals surface area (Å²) < 4.78 is 0. The summed E-state index contributed by atoms with van der Waals surface area (Å²) >= 11 is 0. The van der Waals surface area contributed by atoms with E-state index in [0.29, 0.717) is 0 Å². The first kappa shape index (κ1) is 23.7. The van der Waals surface area contributed by atoms with Crippen LogP contribution in [0.5, 0.6) is 0 Å². The number of benzene rings is 2. The molecule has 0 bridgehead atoms. The minimum absolute atomic E-state index is 0. The Balaban J connectivity index is 0.000000425. The Morgan fingerprint density at radius 1 is 1.00 bits per heavy atom. The Morgan fingerprint density at radius 3 is 2.21 bits per heavy atom. The molecule has 3 aromatic rings. The van der Waals surface area contributed by atoms with Crippen LogP contribution in [0.1, 0.15) is 36.1 Å². The number of aryl methyl sites for hydroxylation is 4. The van der Waals surface area contributed by atoms with Crippen LogP contribution in [-0.4, -0.2) is 15.9 Å². The number of aromatic nitrogens is 1. The fourth-order valence-corrected chi connectivity index (χ4v) is 2.86. The molecule has 2 aromatic carbocycles. The van der Waals surface area contributed by atoms with Crippen LogP contribution >= 0.6 is 0 Å². The summed E-state index contributed by atoms with van der Waals surface area (Å²) in [6, 6.07) is 16.1. The molecule has 0 amide bonds. The summed E-state index contributed by atoms with van der Waals surface area (Å²) in [5.74, 6) is -0.0625. The maximum absolute atomic E-state index is 10.0. The largest absolute Gasteiger partial charge is 0.512 e. The van der Waals surface area contributed by atoms with Gasteiger partial charge in [0.05, 0.1) is 11.3 Å². The monoisotopic (exact) mass is 553 g/mol. The SMILES string of the molecule is CC(=O)/C=C(/C)O.Cc1cc(C)c2ccc(-c3[c-]cc(C)c(C)c3)nc2c1.[Ir]. The molecule has 1 radical (unpaired) electrons. The van der Waals surface area contributed by atoms with Gasteiger partial charge in [-0.05, 0) is 50.6 Å². The van der Waals surface area contributed by atoms with E-state index < -0.39 is 0 Å². The number of carbonyl (C=O) groups is 1. The third kappa shape index (κ3) is 6.40. The van der Waals surface area contributed by atoms with Gasteiger partial charge in [0.15, 0.2) is 5.78 Å². The topological polar surface area (TPSA) is 50.2 Å². The molecule has 0 saturated carbocycles. The van der Waals surface area contributed by atoms with Gasteiger partial charge in [-0.2, -0.15) is 0 Å². The van der Waals surface area contributed by atoms with Crippen molar-refractivity contribution in [2.24, 2.45) is 0 Å². The summed E-state index contributed by atoms with van der Waals surface area (Å²) in [6.45, 7) is 11.3. The number of allylic oxidation sites excluding steroid dienone is 2. The van der Waals surface area contributed by atoms with Gasteiger partial charge in [-0.3, -0.25) is 9.78 Å². The van der Waals surface area contributed by atoms with Gasteiger partial charge >= 0.3 is 0 Å². The van der Waals surface area contributed by atoms with Crippen molar-refractivity contribution in [1.29, 1.82) is 0 Å². The van der Waals surface area contributed by atoms with E-state index in [1.165, 1.54) is 47.6 Å². The van der Waals surface area contributed by atoms with Crippen LogP contribution in [0.25, 0.3) is 22.2 Å². The molecule has 0 aliphatic heterocycles. The van der Waals surface area contributed by atoms with E-state index in [1.807, 2.05) is 6.07 Å². The second-order valence-electron chi connectivity index (χ2n) is 6.95.